The van der Waals surface area contributed by atoms with Gasteiger partial charge >= 0.3 is 21.8 Å². The van der Waals surface area contributed by atoms with Crippen molar-refractivity contribution in [3.63, 3.8) is 0 Å². The first-order valence-electron chi connectivity index (χ1n) is 4.16. The number of nitrogens with two attached hydrogens (primary N) is 1. The third-order valence-electron chi connectivity index (χ3n) is 1.55. The van der Waals surface area contributed by atoms with Crippen molar-refractivity contribution in [1.29, 1.82) is 0 Å². The van der Waals surface area contributed by atoms with Crippen molar-refractivity contribution in [2.45, 2.75) is 0 Å². The lowest BCUT2D eigenvalue weighted by Gasteiger charge is -2.00. The summed E-state index contributed by atoms with van der Waals surface area (Å²) in [4.78, 5) is 19.3. The maximum Gasteiger partial charge on any atom is 0.394 e. The Labute approximate surface area is 105 Å². The van der Waals surface area contributed by atoms with E-state index in [-0.39, 0.29) is 5.69 Å². The van der Waals surface area contributed by atoms with Gasteiger partial charge in [-0.25, -0.2) is 0 Å². The van der Waals surface area contributed by atoms with Crippen LogP contribution in [0.1, 0.15) is 0 Å². The number of hydrogen-bond acceptors (Lipinski definition) is 8. The van der Waals surface area contributed by atoms with E-state index in [0.717, 1.165) is 6.07 Å². The molecule has 0 saturated heterocycles. The van der Waals surface area contributed by atoms with Crippen molar-refractivity contribution in [2.75, 3.05) is 5.43 Å². The molecule has 0 aromatic heterocycles. The molecule has 0 radical (unpaired) electrons. The molecule has 0 spiro atoms. The highest BCUT2D eigenvalue weighted by Gasteiger charge is 2.27. The Bertz CT molecular complexity index is 577. The monoisotopic (exact) mass is 296 g/mol. The Hall–Kier alpha value is -2.35. The van der Waals surface area contributed by atoms with Crippen LogP contribution in [0.3, 0.4) is 0 Å². The second-order valence-electron chi connectivity index (χ2n) is 2.78. The molecule has 0 saturated carbocycles. The van der Waals surface area contributed by atoms with Crippen molar-refractivity contribution >= 4 is 27.5 Å². The molecule has 19 heavy (non-hydrogen) atoms. The molecule has 0 aliphatic carbocycles. The summed E-state index contributed by atoms with van der Waals surface area (Å²) in [5.74, 6) is 4.98. The average Bonchev–Trinajstić information content (AvgIpc) is 2.25. The first kappa shape index (κ1) is 16.6. The molecule has 1 aromatic carbocycles. The van der Waals surface area contributed by atoms with Gasteiger partial charge in [0.05, 0.1) is 9.85 Å². The van der Waals surface area contributed by atoms with E-state index >= 15 is 0 Å². The lowest BCUT2D eigenvalue weighted by Crippen LogP contribution is -2.10. The number of nitrogens with one attached hydrogen (secondary N) is 1. The maximum atomic E-state index is 10.5. The van der Waals surface area contributed by atoms with E-state index in [2.05, 4.69) is 0 Å². The minimum absolute atomic E-state index is 0.0933. The molecule has 106 valence electrons. The summed E-state index contributed by atoms with van der Waals surface area (Å²) in [5.41, 5.74) is 0.702. The van der Waals surface area contributed by atoms with Gasteiger partial charge in [0.15, 0.2) is 0 Å². The summed E-state index contributed by atoms with van der Waals surface area (Å²) in [7, 11) is -4.67. The number of nitrogen functional groups attached to an aromatic ring is 1. The quantitative estimate of drug-likeness (QED) is 0.257. The van der Waals surface area contributed by atoms with E-state index in [9.17, 15) is 20.2 Å². The Balaban J connectivity index is 0.000000555. The molecule has 0 bridgehead atoms. The third kappa shape index (κ3) is 6.22. The van der Waals surface area contributed by atoms with Gasteiger partial charge in [-0.2, -0.15) is 8.42 Å². The highest BCUT2D eigenvalue weighted by molar-refractivity contribution is 7.79. The van der Waals surface area contributed by atoms with Crippen LogP contribution in [-0.4, -0.2) is 27.4 Å². The topological polar surface area (TPSA) is 199 Å². The Morgan fingerprint density at radius 2 is 1.63 bits per heavy atom. The summed E-state index contributed by atoms with van der Waals surface area (Å²) in [5, 5.41) is 20.9. The van der Waals surface area contributed by atoms with E-state index in [1.807, 2.05) is 5.43 Å². The van der Waals surface area contributed by atoms with Crippen LogP contribution in [0.2, 0.25) is 0 Å². The lowest BCUT2D eigenvalue weighted by atomic mass is 10.2. The van der Waals surface area contributed by atoms with Crippen LogP contribution in [0, 0.1) is 20.2 Å². The highest BCUT2D eigenvalue weighted by Crippen LogP contribution is 2.33. The predicted molar refractivity (Wildman–Crippen MR) is 61.7 cm³/mol. The zero-order valence-corrected chi connectivity index (χ0v) is 9.77. The number of anilines is 1. The van der Waals surface area contributed by atoms with Crippen molar-refractivity contribution in [3.8, 4) is 0 Å². The second kappa shape index (κ2) is 6.55. The second-order valence-corrected chi connectivity index (χ2v) is 3.68. The summed E-state index contributed by atoms with van der Waals surface area (Å²) in [6.07, 6.45) is 0. The van der Waals surface area contributed by atoms with Crippen molar-refractivity contribution in [1.82, 2.24) is 0 Å². The van der Waals surface area contributed by atoms with Gasteiger partial charge in [0.1, 0.15) is 5.69 Å². The van der Waals surface area contributed by atoms with Crippen LogP contribution in [0.15, 0.2) is 18.2 Å². The van der Waals surface area contributed by atoms with Gasteiger partial charge in [0.25, 0.3) is 0 Å². The first-order valence-corrected chi connectivity index (χ1v) is 5.56. The summed E-state index contributed by atoms with van der Waals surface area (Å²) in [6, 6.07) is 3.63. The van der Waals surface area contributed by atoms with Gasteiger partial charge in [-0.3, -0.25) is 35.2 Å². The number of hydrazine groups is 1. The van der Waals surface area contributed by atoms with Gasteiger partial charge in [0.2, 0.25) is 0 Å². The molecule has 0 unspecified atom stereocenters. The molecule has 5 N–H and O–H groups in total. The van der Waals surface area contributed by atoms with E-state index < -0.39 is 31.6 Å². The Kier molecular flexibility index (Phi) is 5.74. The van der Waals surface area contributed by atoms with E-state index in [0.29, 0.717) is 0 Å². The molecule has 0 atom stereocenters. The number of para-hydroxylation sites is 1. The average molecular weight is 296 g/mol. The fourth-order valence-electron chi connectivity index (χ4n) is 0.987. The number of benzene rings is 1. The SMILES string of the molecule is NNc1cccc([N+](=O)[O-])c1[N+](=O)[O-].O=S(=O)(O)O. The summed E-state index contributed by atoms with van der Waals surface area (Å²) < 4.78 is 31.6. The lowest BCUT2D eigenvalue weighted by molar-refractivity contribution is -0.421. The molecule has 0 fully saturated rings. The largest absolute Gasteiger partial charge is 0.394 e. The van der Waals surface area contributed by atoms with Gasteiger partial charge in [-0.1, -0.05) is 6.07 Å². The van der Waals surface area contributed by atoms with Crippen LogP contribution in [0.25, 0.3) is 0 Å². The number of rotatable bonds is 3. The van der Waals surface area contributed by atoms with E-state index in [1.54, 1.807) is 0 Å². The molecule has 0 heterocycles. The highest BCUT2D eigenvalue weighted by atomic mass is 32.3. The number of nitrogens with zero attached hydrogens (tertiary/aromatic N) is 2. The van der Waals surface area contributed by atoms with Crippen LogP contribution in [-0.2, 0) is 10.4 Å². The predicted octanol–water partition coefficient (Wildman–Crippen LogP) is 0.136. The summed E-state index contributed by atoms with van der Waals surface area (Å²) in [6.45, 7) is 0. The van der Waals surface area contributed by atoms with Crippen molar-refractivity contribution < 1.29 is 27.4 Å². The molecular formula is C6H8N4O8S. The molecule has 1 rings (SSSR count). The Morgan fingerprint density at radius 3 is 1.95 bits per heavy atom. The van der Waals surface area contributed by atoms with Crippen LogP contribution in [0.4, 0.5) is 17.1 Å². The molecule has 0 aliphatic rings. The molecule has 0 amide bonds. The van der Waals surface area contributed by atoms with Crippen LogP contribution in [0.5, 0.6) is 0 Å². The van der Waals surface area contributed by atoms with Gasteiger partial charge in [-0.15, -0.1) is 0 Å². The minimum Gasteiger partial charge on any atom is -0.318 e. The summed E-state index contributed by atoms with van der Waals surface area (Å²) >= 11 is 0. The Morgan fingerprint density at radius 1 is 1.16 bits per heavy atom. The van der Waals surface area contributed by atoms with E-state index in [1.165, 1.54) is 12.1 Å². The van der Waals surface area contributed by atoms with Crippen molar-refractivity contribution in [3.05, 3.63) is 38.4 Å². The molecule has 0 aliphatic heterocycles. The fraction of sp³-hybridized carbons (Fsp3) is 0. The number of nitro benzene ring substituents is 2. The zero-order valence-electron chi connectivity index (χ0n) is 8.96. The number of hydrogen-bond donors (Lipinski definition) is 4. The number of nitro groups is 2. The third-order valence-corrected chi connectivity index (χ3v) is 1.55. The standard InChI is InChI=1S/C6H6N4O4.H2O4S/c7-8-4-2-1-3-5(9(11)12)6(4)10(13)14;1-5(2,3)4/h1-3,8H,7H2;(H2,1,2,3,4). The smallest absolute Gasteiger partial charge is 0.318 e. The normalized spacial score (nSPS) is 10.1. The fourth-order valence-corrected chi connectivity index (χ4v) is 0.987. The van der Waals surface area contributed by atoms with Gasteiger partial charge < -0.3 is 5.43 Å². The van der Waals surface area contributed by atoms with Crippen LogP contribution >= 0.6 is 0 Å². The van der Waals surface area contributed by atoms with Gasteiger partial charge in [-0.05, 0) is 6.07 Å². The van der Waals surface area contributed by atoms with Gasteiger partial charge in [0, 0.05) is 6.07 Å². The first-order chi connectivity index (χ1) is 8.57. The molecule has 1 aromatic rings. The van der Waals surface area contributed by atoms with E-state index in [4.69, 9.17) is 23.4 Å². The minimum atomic E-state index is -4.67. The van der Waals surface area contributed by atoms with Crippen LogP contribution < -0.4 is 11.3 Å². The zero-order chi connectivity index (χ0) is 15.2. The van der Waals surface area contributed by atoms with Crippen molar-refractivity contribution in [2.24, 2.45) is 5.84 Å². The maximum absolute atomic E-state index is 10.5. The molecule has 13 heteroatoms. The molecule has 12 nitrogen and oxygen atoms in total. The molecular weight excluding hydrogens is 288 g/mol.